The van der Waals surface area contributed by atoms with Gasteiger partial charge in [0.2, 0.25) is 5.03 Å². The molecule has 1 N–H and O–H groups in total. The Morgan fingerprint density at radius 1 is 1.58 bits per heavy atom. The number of aromatic nitrogens is 1. The molecule has 1 aromatic rings. The van der Waals surface area contributed by atoms with Crippen LogP contribution in [-0.4, -0.2) is 48.3 Å². The third-order valence-corrected chi connectivity index (χ3v) is 4.68. The van der Waals surface area contributed by atoms with Crippen LogP contribution >= 0.6 is 0 Å². The fourth-order valence-corrected chi connectivity index (χ4v) is 3.55. The summed E-state index contributed by atoms with van der Waals surface area (Å²) in [5.74, 6) is 0. The number of piperazine rings is 1. The molecule has 0 amide bonds. The van der Waals surface area contributed by atoms with Crippen LogP contribution in [0.3, 0.4) is 0 Å². The molecule has 1 aliphatic rings. The number of nitro groups is 1. The van der Waals surface area contributed by atoms with E-state index in [1.54, 1.807) is 0 Å². The van der Waals surface area contributed by atoms with Crippen molar-refractivity contribution in [1.29, 1.82) is 0 Å². The molecule has 2 rings (SSSR count). The van der Waals surface area contributed by atoms with Crippen LogP contribution in [0.25, 0.3) is 0 Å². The summed E-state index contributed by atoms with van der Waals surface area (Å²) >= 11 is 0. The molecule has 0 aliphatic carbocycles. The molecule has 19 heavy (non-hydrogen) atoms. The highest BCUT2D eigenvalue weighted by Gasteiger charge is 2.34. The minimum atomic E-state index is -3.93. The maximum atomic E-state index is 12.4. The first-order valence-electron chi connectivity index (χ1n) is 5.76. The largest absolute Gasteiger partial charge is 0.312 e. The minimum absolute atomic E-state index is 0.00583. The summed E-state index contributed by atoms with van der Waals surface area (Å²) in [4.78, 5) is 13.8. The lowest BCUT2D eigenvalue weighted by molar-refractivity contribution is -0.388. The quantitative estimate of drug-likeness (QED) is 0.618. The molecular formula is C10H14N4O4S. The van der Waals surface area contributed by atoms with Gasteiger partial charge in [-0.15, -0.1) is 0 Å². The molecule has 1 aliphatic heterocycles. The van der Waals surface area contributed by atoms with Gasteiger partial charge in [-0.1, -0.05) is 0 Å². The van der Waals surface area contributed by atoms with E-state index < -0.39 is 25.7 Å². The van der Waals surface area contributed by atoms with Crippen LogP contribution < -0.4 is 5.32 Å². The number of sulfonamides is 1. The summed E-state index contributed by atoms with van der Waals surface area (Å²) in [6, 6.07) is 2.49. The molecule has 0 saturated carbocycles. The van der Waals surface area contributed by atoms with Gasteiger partial charge < -0.3 is 5.32 Å². The standard InChI is InChI=1S/C10H14N4O4S/c1-8-7-13(6-5-11-8)19(17,18)10-9(14(15)16)3-2-4-12-10/h2-4,8,11H,5-7H2,1H3/t8-/m1/s1. The molecule has 8 nitrogen and oxygen atoms in total. The van der Waals surface area contributed by atoms with Gasteiger partial charge in [0.05, 0.1) is 4.92 Å². The van der Waals surface area contributed by atoms with E-state index in [4.69, 9.17) is 0 Å². The summed E-state index contributed by atoms with van der Waals surface area (Å²) in [7, 11) is -3.93. The molecular weight excluding hydrogens is 272 g/mol. The maximum Gasteiger partial charge on any atom is 0.308 e. The Kier molecular flexibility index (Phi) is 3.78. The predicted molar refractivity (Wildman–Crippen MR) is 67.1 cm³/mol. The van der Waals surface area contributed by atoms with Crippen molar-refractivity contribution in [1.82, 2.24) is 14.6 Å². The van der Waals surface area contributed by atoms with Crippen LogP contribution in [0.2, 0.25) is 0 Å². The Balaban J connectivity index is 2.42. The van der Waals surface area contributed by atoms with Crippen molar-refractivity contribution in [3.05, 3.63) is 28.4 Å². The van der Waals surface area contributed by atoms with Crippen LogP contribution in [0, 0.1) is 10.1 Å². The number of rotatable bonds is 3. The van der Waals surface area contributed by atoms with Crippen LogP contribution in [0.4, 0.5) is 5.69 Å². The van der Waals surface area contributed by atoms with Crippen LogP contribution in [-0.2, 0) is 10.0 Å². The maximum absolute atomic E-state index is 12.4. The van der Waals surface area contributed by atoms with Crippen molar-refractivity contribution in [2.75, 3.05) is 19.6 Å². The molecule has 1 fully saturated rings. The molecule has 2 heterocycles. The van der Waals surface area contributed by atoms with E-state index in [0.29, 0.717) is 6.54 Å². The van der Waals surface area contributed by atoms with Gasteiger partial charge in [0.1, 0.15) is 0 Å². The van der Waals surface area contributed by atoms with Crippen molar-refractivity contribution >= 4 is 15.7 Å². The Bertz CT molecular complexity index is 589. The number of pyridine rings is 1. The molecule has 104 valence electrons. The Hall–Kier alpha value is -1.58. The van der Waals surface area contributed by atoms with E-state index in [-0.39, 0.29) is 19.1 Å². The highest BCUT2D eigenvalue weighted by atomic mass is 32.2. The first-order valence-corrected chi connectivity index (χ1v) is 7.20. The zero-order valence-corrected chi connectivity index (χ0v) is 11.1. The van der Waals surface area contributed by atoms with Gasteiger partial charge in [0, 0.05) is 37.9 Å². The number of hydrogen-bond acceptors (Lipinski definition) is 6. The highest BCUT2D eigenvalue weighted by molar-refractivity contribution is 7.89. The van der Waals surface area contributed by atoms with E-state index >= 15 is 0 Å². The molecule has 0 bridgehead atoms. The summed E-state index contributed by atoms with van der Waals surface area (Å²) in [6.07, 6.45) is 1.24. The van der Waals surface area contributed by atoms with Crippen LogP contribution in [0.15, 0.2) is 23.4 Å². The van der Waals surface area contributed by atoms with Crippen molar-refractivity contribution < 1.29 is 13.3 Å². The highest BCUT2D eigenvalue weighted by Crippen LogP contribution is 2.24. The molecule has 9 heteroatoms. The third kappa shape index (κ3) is 2.72. The molecule has 1 atom stereocenters. The zero-order valence-electron chi connectivity index (χ0n) is 10.3. The van der Waals surface area contributed by atoms with E-state index in [1.165, 1.54) is 16.6 Å². The van der Waals surface area contributed by atoms with Crippen molar-refractivity contribution in [3.63, 3.8) is 0 Å². The molecule has 0 radical (unpaired) electrons. The Morgan fingerprint density at radius 3 is 2.95 bits per heavy atom. The second-order valence-corrected chi connectivity index (χ2v) is 6.16. The summed E-state index contributed by atoms with van der Waals surface area (Å²) in [5.41, 5.74) is -0.492. The first-order chi connectivity index (χ1) is 8.93. The summed E-state index contributed by atoms with van der Waals surface area (Å²) in [6.45, 7) is 2.92. The second-order valence-electron chi connectivity index (χ2n) is 4.30. The number of nitrogens with zero attached hydrogens (tertiary/aromatic N) is 3. The van der Waals surface area contributed by atoms with Gasteiger partial charge in [0.25, 0.3) is 10.0 Å². The number of nitrogens with one attached hydrogen (secondary N) is 1. The summed E-state index contributed by atoms with van der Waals surface area (Å²) in [5, 5.41) is 13.5. The van der Waals surface area contributed by atoms with Gasteiger partial charge in [-0.3, -0.25) is 10.1 Å². The molecule has 0 unspecified atom stereocenters. The lowest BCUT2D eigenvalue weighted by Gasteiger charge is -2.30. The van der Waals surface area contributed by atoms with Gasteiger partial charge in [0.15, 0.2) is 0 Å². The van der Waals surface area contributed by atoms with Crippen molar-refractivity contribution in [3.8, 4) is 0 Å². The molecule has 0 aromatic carbocycles. The van der Waals surface area contributed by atoms with Gasteiger partial charge in [-0.2, -0.15) is 4.31 Å². The predicted octanol–water partition coefficient (Wildman–Crippen LogP) is -0.0278. The van der Waals surface area contributed by atoms with E-state index in [0.717, 1.165) is 6.07 Å². The number of hydrogen-bond donors (Lipinski definition) is 1. The fraction of sp³-hybridized carbons (Fsp3) is 0.500. The zero-order chi connectivity index (χ0) is 14.0. The normalized spacial score (nSPS) is 21.2. The van der Waals surface area contributed by atoms with Crippen molar-refractivity contribution in [2.24, 2.45) is 0 Å². The lowest BCUT2D eigenvalue weighted by atomic mass is 10.3. The van der Waals surface area contributed by atoms with Crippen molar-refractivity contribution in [2.45, 2.75) is 18.0 Å². The van der Waals surface area contributed by atoms with E-state index in [9.17, 15) is 18.5 Å². The topological polar surface area (TPSA) is 105 Å². The fourth-order valence-electron chi connectivity index (χ4n) is 1.96. The van der Waals surface area contributed by atoms with E-state index in [2.05, 4.69) is 10.3 Å². The average Bonchev–Trinajstić information content (AvgIpc) is 2.38. The van der Waals surface area contributed by atoms with Gasteiger partial charge in [-0.25, -0.2) is 13.4 Å². The van der Waals surface area contributed by atoms with Gasteiger partial charge >= 0.3 is 5.69 Å². The monoisotopic (exact) mass is 286 g/mol. The Morgan fingerprint density at radius 2 is 2.32 bits per heavy atom. The minimum Gasteiger partial charge on any atom is -0.312 e. The first kappa shape index (κ1) is 13.8. The molecule has 1 saturated heterocycles. The van der Waals surface area contributed by atoms with Crippen LogP contribution in [0.1, 0.15) is 6.92 Å². The van der Waals surface area contributed by atoms with Crippen LogP contribution in [0.5, 0.6) is 0 Å². The smallest absolute Gasteiger partial charge is 0.308 e. The van der Waals surface area contributed by atoms with E-state index in [1.807, 2.05) is 6.92 Å². The summed E-state index contributed by atoms with van der Waals surface area (Å²) < 4.78 is 26.0. The Labute approximate surface area is 110 Å². The lowest BCUT2D eigenvalue weighted by Crippen LogP contribution is -2.51. The van der Waals surface area contributed by atoms with Gasteiger partial charge in [-0.05, 0) is 13.0 Å². The average molecular weight is 286 g/mol. The third-order valence-electron chi connectivity index (χ3n) is 2.86. The molecule has 1 aromatic heterocycles. The SMILES string of the molecule is C[C@@H]1CN(S(=O)(=O)c2ncccc2[N+](=O)[O-])CCN1. The molecule has 0 spiro atoms. The second kappa shape index (κ2) is 5.19.